The van der Waals surface area contributed by atoms with Crippen molar-refractivity contribution < 1.29 is 9.84 Å². The summed E-state index contributed by atoms with van der Waals surface area (Å²) in [4.78, 5) is 0. The first-order valence-electron chi connectivity index (χ1n) is 5.32. The van der Waals surface area contributed by atoms with Crippen LogP contribution in [-0.2, 0) is 5.41 Å². The maximum absolute atomic E-state index is 9.84. The number of aromatic hydroxyl groups is 1. The highest BCUT2D eigenvalue weighted by atomic mass is 79.9. The van der Waals surface area contributed by atoms with Crippen molar-refractivity contribution in [2.45, 2.75) is 25.2 Å². The van der Waals surface area contributed by atoms with Gasteiger partial charge in [0.05, 0.1) is 7.11 Å². The fourth-order valence-corrected chi connectivity index (χ4v) is 2.77. The van der Waals surface area contributed by atoms with E-state index in [4.69, 9.17) is 10.5 Å². The Bertz CT molecular complexity index is 428. The molecule has 0 radical (unpaired) electrons. The Morgan fingerprint density at radius 1 is 1.56 bits per heavy atom. The largest absolute Gasteiger partial charge is 0.506 e. The number of benzene rings is 1. The van der Waals surface area contributed by atoms with E-state index in [0.717, 1.165) is 24.0 Å². The van der Waals surface area contributed by atoms with Gasteiger partial charge in [-0.15, -0.1) is 0 Å². The number of phenolic OH excluding ortho intramolecular Hbond substituents is 1. The first kappa shape index (κ1) is 11.7. The van der Waals surface area contributed by atoms with Gasteiger partial charge in [-0.25, -0.2) is 0 Å². The molecule has 1 aromatic rings. The summed E-state index contributed by atoms with van der Waals surface area (Å²) in [5.41, 5.74) is 7.85. The molecule has 0 bridgehead atoms. The van der Waals surface area contributed by atoms with Crippen LogP contribution in [0.15, 0.2) is 10.5 Å². The minimum Gasteiger partial charge on any atom is -0.506 e. The van der Waals surface area contributed by atoms with Gasteiger partial charge in [-0.05, 0) is 47.3 Å². The third kappa shape index (κ3) is 1.60. The summed E-state index contributed by atoms with van der Waals surface area (Å²) in [6.45, 7) is 2.51. The van der Waals surface area contributed by atoms with Crippen LogP contribution in [0.5, 0.6) is 11.5 Å². The maximum atomic E-state index is 9.84. The van der Waals surface area contributed by atoms with Crippen LogP contribution in [0.1, 0.15) is 24.0 Å². The Balaban J connectivity index is 2.61. The van der Waals surface area contributed by atoms with Gasteiger partial charge >= 0.3 is 0 Å². The highest BCUT2D eigenvalue weighted by molar-refractivity contribution is 9.10. The van der Waals surface area contributed by atoms with E-state index >= 15 is 0 Å². The number of ether oxygens (including phenoxy) is 1. The van der Waals surface area contributed by atoms with Gasteiger partial charge in [-0.2, -0.15) is 0 Å². The van der Waals surface area contributed by atoms with E-state index in [2.05, 4.69) is 15.9 Å². The van der Waals surface area contributed by atoms with Crippen LogP contribution in [0.2, 0.25) is 0 Å². The molecule has 0 atom stereocenters. The normalized spacial score (nSPS) is 17.2. The monoisotopic (exact) mass is 285 g/mol. The number of phenols is 1. The molecular formula is C12H16BrNO2. The molecule has 1 fully saturated rings. The van der Waals surface area contributed by atoms with Crippen molar-refractivity contribution in [3.8, 4) is 11.5 Å². The smallest absolute Gasteiger partial charge is 0.140 e. The Hall–Kier alpha value is -0.740. The van der Waals surface area contributed by atoms with Crippen molar-refractivity contribution in [3.63, 3.8) is 0 Å². The minimum atomic E-state index is 0.0618. The zero-order valence-electron chi connectivity index (χ0n) is 9.51. The average Bonchev–Trinajstić information content (AvgIpc) is 3.06. The SMILES string of the molecule is COc1c(C2(CN)CC2)cc(C)c(O)c1Br. The van der Waals surface area contributed by atoms with Gasteiger partial charge in [0.15, 0.2) is 0 Å². The highest BCUT2D eigenvalue weighted by Gasteiger charge is 2.45. The molecule has 1 aliphatic carbocycles. The van der Waals surface area contributed by atoms with Gasteiger partial charge < -0.3 is 15.6 Å². The zero-order valence-corrected chi connectivity index (χ0v) is 11.1. The molecule has 0 spiro atoms. The molecule has 88 valence electrons. The first-order chi connectivity index (χ1) is 7.55. The van der Waals surface area contributed by atoms with Crippen molar-refractivity contribution in [1.82, 2.24) is 0 Å². The van der Waals surface area contributed by atoms with Gasteiger partial charge in [0.1, 0.15) is 16.0 Å². The number of hydrogen-bond acceptors (Lipinski definition) is 3. The quantitative estimate of drug-likeness (QED) is 0.897. The molecule has 0 aliphatic heterocycles. The third-order valence-corrected chi connectivity index (χ3v) is 4.14. The Morgan fingerprint density at radius 2 is 2.19 bits per heavy atom. The van der Waals surface area contributed by atoms with Crippen LogP contribution in [0.25, 0.3) is 0 Å². The molecule has 1 saturated carbocycles. The lowest BCUT2D eigenvalue weighted by Crippen LogP contribution is -2.20. The topological polar surface area (TPSA) is 55.5 Å². The number of methoxy groups -OCH3 is 1. The number of hydrogen-bond donors (Lipinski definition) is 2. The lowest BCUT2D eigenvalue weighted by Gasteiger charge is -2.20. The molecule has 4 heteroatoms. The molecule has 0 amide bonds. The molecule has 3 N–H and O–H groups in total. The van der Waals surface area contributed by atoms with E-state index in [1.54, 1.807) is 7.11 Å². The van der Waals surface area contributed by atoms with E-state index in [0.29, 0.717) is 16.8 Å². The summed E-state index contributed by atoms with van der Waals surface area (Å²) in [6.07, 6.45) is 2.19. The lowest BCUT2D eigenvalue weighted by molar-refractivity contribution is 0.392. The van der Waals surface area contributed by atoms with Crippen molar-refractivity contribution in [1.29, 1.82) is 0 Å². The maximum Gasteiger partial charge on any atom is 0.140 e. The number of halogens is 1. The van der Waals surface area contributed by atoms with Crippen LogP contribution in [0.3, 0.4) is 0 Å². The van der Waals surface area contributed by atoms with Crippen molar-refractivity contribution in [3.05, 3.63) is 21.7 Å². The highest BCUT2D eigenvalue weighted by Crippen LogP contribution is 2.54. The van der Waals surface area contributed by atoms with Gasteiger partial charge in [-0.3, -0.25) is 0 Å². The summed E-state index contributed by atoms with van der Waals surface area (Å²) < 4.78 is 6.01. The van der Waals surface area contributed by atoms with Crippen LogP contribution >= 0.6 is 15.9 Å². The molecule has 0 unspecified atom stereocenters. The second-order valence-corrected chi connectivity index (χ2v) is 5.21. The second kappa shape index (κ2) is 3.93. The third-order valence-electron chi connectivity index (χ3n) is 3.41. The molecule has 0 saturated heterocycles. The standard InChI is InChI=1S/C12H16BrNO2/c1-7-5-8(12(6-14)3-4-12)11(16-2)9(13)10(7)15/h5,15H,3-4,6,14H2,1-2H3. The van der Waals surface area contributed by atoms with E-state index in [1.807, 2.05) is 13.0 Å². The van der Waals surface area contributed by atoms with E-state index in [-0.39, 0.29) is 11.2 Å². The summed E-state index contributed by atoms with van der Waals surface area (Å²) in [5, 5.41) is 9.84. The lowest BCUT2D eigenvalue weighted by atomic mass is 9.93. The zero-order chi connectivity index (χ0) is 11.9. The van der Waals surface area contributed by atoms with Crippen molar-refractivity contribution >= 4 is 15.9 Å². The molecule has 1 aromatic carbocycles. The predicted molar refractivity (Wildman–Crippen MR) is 67.1 cm³/mol. The molecular weight excluding hydrogens is 270 g/mol. The summed E-state index contributed by atoms with van der Waals surface area (Å²) in [5.74, 6) is 0.958. The van der Waals surface area contributed by atoms with Crippen molar-refractivity contribution in [2.24, 2.45) is 5.73 Å². The van der Waals surface area contributed by atoms with Crippen molar-refractivity contribution in [2.75, 3.05) is 13.7 Å². The number of rotatable bonds is 3. The fraction of sp³-hybridized carbons (Fsp3) is 0.500. The molecule has 1 aliphatic rings. The Labute approximate surface area is 104 Å². The van der Waals surface area contributed by atoms with Crippen LogP contribution in [0.4, 0.5) is 0 Å². The second-order valence-electron chi connectivity index (χ2n) is 4.42. The number of aryl methyl sites for hydroxylation is 1. The molecule has 3 nitrogen and oxygen atoms in total. The molecule has 0 aromatic heterocycles. The van der Waals surface area contributed by atoms with Crippen LogP contribution < -0.4 is 10.5 Å². The van der Waals surface area contributed by atoms with E-state index < -0.39 is 0 Å². The van der Waals surface area contributed by atoms with E-state index in [1.165, 1.54) is 0 Å². The van der Waals surface area contributed by atoms with Crippen LogP contribution in [0, 0.1) is 6.92 Å². The average molecular weight is 286 g/mol. The van der Waals surface area contributed by atoms with Gasteiger partial charge in [0.2, 0.25) is 0 Å². The summed E-state index contributed by atoms with van der Waals surface area (Å²) in [6, 6.07) is 1.98. The molecule has 2 rings (SSSR count). The molecule has 0 heterocycles. The van der Waals surface area contributed by atoms with E-state index in [9.17, 15) is 5.11 Å². The Kier molecular flexibility index (Phi) is 2.88. The van der Waals surface area contributed by atoms with Gasteiger partial charge in [0.25, 0.3) is 0 Å². The molecule has 16 heavy (non-hydrogen) atoms. The van der Waals surface area contributed by atoms with Gasteiger partial charge in [0, 0.05) is 17.5 Å². The van der Waals surface area contributed by atoms with Crippen LogP contribution in [-0.4, -0.2) is 18.8 Å². The first-order valence-corrected chi connectivity index (χ1v) is 6.11. The predicted octanol–water partition coefficient (Wildman–Crippen LogP) is 2.46. The summed E-state index contributed by atoms with van der Waals surface area (Å²) in [7, 11) is 1.62. The Morgan fingerprint density at radius 3 is 2.62 bits per heavy atom. The fourth-order valence-electron chi connectivity index (χ4n) is 2.08. The minimum absolute atomic E-state index is 0.0618. The summed E-state index contributed by atoms with van der Waals surface area (Å²) >= 11 is 3.38. The number of nitrogens with two attached hydrogens (primary N) is 1. The van der Waals surface area contributed by atoms with Gasteiger partial charge in [-0.1, -0.05) is 0 Å².